The van der Waals surface area contributed by atoms with Crippen LogP contribution in [0, 0.1) is 0 Å². The average Bonchev–Trinajstić information content (AvgIpc) is 2.22. The molecule has 0 rings (SSSR count). The maximum absolute atomic E-state index is 11.5. The van der Waals surface area contributed by atoms with Gasteiger partial charge in [-0.1, -0.05) is 0 Å². The standard InChI is InChI=1S/C11H23N3O5/c1-11(2,3)19-9(16)13-8(5-6-15)7-12-14(4)10(17)18/h8,12,15H,5-7H2,1-4H3,(H,13,16)(H,17,18)/t8-/m1/s1. The zero-order valence-electron chi connectivity index (χ0n) is 11.8. The molecule has 0 aromatic heterocycles. The third kappa shape index (κ3) is 9.09. The summed E-state index contributed by atoms with van der Waals surface area (Å²) in [5, 5.41) is 21.0. The molecule has 0 aromatic carbocycles. The third-order valence-electron chi connectivity index (χ3n) is 2.06. The van der Waals surface area contributed by atoms with Crippen molar-refractivity contribution in [3.8, 4) is 0 Å². The second-order valence-electron chi connectivity index (χ2n) is 5.06. The van der Waals surface area contributed by atoms with Gasteiger partial charge in [0.05, 0.1) is 0 Å². The first-order chi connectivity index (χ1) is 8.65. The van der Waals surface area contributed by atoms with Gasteiger partial charge in [0.25, 0.3) is 0 Å². The van der Waals surface area contributed by atoms with Crippen molar-refractivity contribution in [3.63, 3.8) is 0 Å². The molecule has 1 atom stereocenters. The largest absolute Gasteiger partial charge is 0.464 e. The van der Waals surface area contributed by atoms with Crippen LogP contribution >= 0.6 is 0 Å². The van der Waals surface area contributed by atoms with Gasteiger partial charge >= 0.3 is 12.2 Å². The SMILES string of the molecule is CN(NC[C@@H](CCO)NC(=O)OC(C)(C)C)C(=O)O. The van der Waals surface area contributed by atoms with Crippen LogP contribution in [0.4, 0.5) is 9.59 Å². The average molecular weight is 277 g/mol. The van der Waals surface area contributed by atoms with Gasteiger partial charge in [0.2, 0.25) is 0 Å². The molecule has 0 aliphatic carbocycles. The van der Waals surface area contributed by atoms with Crippen LogP contribution in [-0.2, 0) is 4.74 Å². The Balaban J connectivity index is 4.25. The minimum absolute atomic E-state index is 0.126. The molecule has 0 bridgehead atoms. The summed E-state index contributed by atoms with van der Waals surface area (Å²) in [5.41, 5.74) is 1.98. The monoisotopic (exact) mass is 277 g/mol. The van der Waals surface area contributed by atoms with Crippen LogP contribution in [0.2, 0.25) is 0 Å². The number of carbonyl (C=O) groups is 2. The Morgan fingerprint density at radius 3 is 2.37 bits per heavy atom. The highest BCUT2D eigenvalue weighted by Gasteiger charge is 2.19. The van der Waals surface area contributed by atoms with Crippen molar-refractivity contribution in [1.82, 2.24) is 15.8 Å². The van der Waals surface area contributed by atoms with E-state index in [0.29, 0.717) is 6.42 Å². The summed E-state index contributed by atoms with van der Waals surface area (Å²) in [6.07, 6.45) is -1.45. The summed E-state index contributed by atoms with van der Waals surface area (Å²) < 4.78 is 5.08. The number of hydrogen-bond acceptors (Lipinski definition) is 5. The molecule has 0 aliphatic rings. The van der Waals surface area contributed by atoms with Gasteiger partial charge in [0.1, 0.15) is 5.60 Å². The van der Waals surface area contributed by atoms with E-state index < -0.39 is 23.8 Å². The van der Waals surface area contributed by atoms with Gasteiger partial charge < -0.3 is 20.3 Å². The van der Waals surface area contributed by atoms with E-state index in [-0.39, 0.29) is 13.2 Å². The van der Waals surface area contributed by atoms with Crippen LogP contribution in [-0.4, -0.2) is 59.3 Å². The molecule has 8 heteroatoms. The Bertz CT molecular complexity index is 303. The number of aliphatic hydroxyl groups excluding tert-OH is 1. The van der Waals surface area contributed by atoms with Gasteiger partial charge in [-0.15, -0.1) is 0 Å². The lowest BCUT2D eigenvalue weighted by Gasteiger charge is -2.24. The molecule has 112 valence electrons. The molecule has 8 nitrogen and oxygen atoms in total. The first kappa shape index (κ1) is 17.5. The number of rotatable bonds is 6. The molecule has 2 amide bonds. The van der Waals surface area contributed by atoms with Crippen molar-refractivity contribution in [2.45, 2.75) is 38.8 Å². The topological polar surface area (TPSA) is 111 Å². The summed E-state index contributed by atoms with van der Waals surface area (Å²) in [6.45, 7) is 5.26. The van der Waals surface area contributed by atoms with Crippen LogP contribution in [0.1, 0.15) is 27.2 Å². The van der Waals surface area contributed by atoms with Crippen molar-refractivity contribution >= 4 is 12.2 Å². The normalized spacial score (nSPS) is 12.7. The molecule has 19 heavy (non-hydrogen) atoms. The number of alkyl carbamates (subject to hydrolysis) is 1. The van der Waals surface area contributed by atoms with E-state index >= 15 is 0 Å². The second kappa shape index (κ2) is 7.80. The molecule has 0 aliphatic heterocycles. The fraction of sp³-hybridized carbons (Fsp3) is 0.818. The summed E-state index contributed by atoms with van der Waals surface area (Å²) in [6, 6.07) is -0.429. The molecule has 0 saturated heterocycles. The maximum atomic E-state index is 11.5. The van der Waals surface area contributed by atoms with Gasteiger partial charge in [-0.25, -0.2) is 20.0 Å². The third-order valence-corrected chi connectivity index (χ3v) is 2.06. The summed E-state index contributed by atoms with van der Waals surface area (Å²) in [4.78, 5) is 22.1. The van der Waals surface area contributed by atoms with Gasteiger partial charge in [-0.2, -0.15) is 0 Å². The van der Waals surface area contributed by atoms with Gasteiger partial charge in [-0.3, -0.25) is 0 Å². The van der Waals surface area contributed by atoms with Crippen LogP contribution in [0.25, 0.3) is 0 Å². The van der Waals surface area contributed by atoms with E-state index in [1.807, 2.05) is 0 Å². The highest BCUT2D eigenvalue weighted by Crippen LogP contribution is 2.07. The first-order valence-electron chi connectivity index (χ1n) is 5.96. The summed E-state index contributed by atoms with van der Waals surface area (Å²) in [7, 11) is 1.34. The smallest absolute Gasteiger partial charge is 0.421 e. The minimum Gasteiger partial charge on any atom is -0.464 e. The number of carbonyl (C=O) groups excluding carboxylic acids is 1. The van der Waals surface area contributed by atoms with E-state index in [9.17, 15) is 9.59 Å². The predicted molar refractivity (Wildman–Crippen MR) is 68.7 cm³/mol. The molecule has 0 spiro atoms. The van der Waals surface area contributed by atoms with Gasteiger partial charge in [0.15, 0.2) is 0 Å². The number of hydrazine groups is 1. The van der Waals surface area contributed by atoms with E-state index in [1.54, 1.807) is 20.8 Å². The van der Waals surface area contributed by atoms with Gasteiger partial charge in [0, 0.05) is 26.2 Å². The number of amides is 2. The van der Waals surface area contributed by atoms with Crippen LogP contribution in [0.5, 0.6) is 0 Å². The van der Waals surface area contributed by atoms with Crippen LogP contribution in [0.15, 0.2) is 0 Å². The second-order valence-corrected chi connectivity index (χ2v) is 5.06. The first-order valence-corrected chi connectivity index (χ1v) is 5.96. The molecule has 0 unspecified atom stereocenters. The fourth-order valence-electron chi connectivity index (χ4n) is 1.17. The van der Waals surface area contributed by atoms with E-state index in [1.165, 1.54) is 7.05 Å². The van der Waals surface area contributed by atoms with Crippen LogP contribution in [0.3, 0.4) is 0 Å². The fourth-order valence-corrected chi connectivity index (χ4v) is 1.17. The Kier molecular flexibility index (Phi) is 7.17. The number of hydrogen-bond donors (Lipinski definition) is 4. The Morgan fingerprint density at radius 2 is 1.95 bits per heavy atom. The zero-order chi connectivity index (χ0) is 15.1. The van der Waals surface area contributed by atoms with E-state index in [2.05, 4.69) is 10.7 Å². The molecule has 0 radical (unpaired) electrons. The molecular formula is C11H23N3O5. The number of nitrogens with zero attached hydrogens (tertiary/aromatic N) is 1. The maximum Gasteiger partial charge on any atom is 0.421 e. The Morgan fingerprint density at radius 1 is 1.37 bits per heavy atom. The number of nitrogens with one attached hydrogen (secondary N) is 2. The van der Waals surface area contributed by atoms with Crippen molar-refractivity contribution in [3.05, 3.63) is 0 Å². The summed E-state index contributed by atoms with van der Waals surface area (Å²) >= 11 is 0. The lowest BCUT2D eigenvalue weighted by molar-refractivity contribution is 0.0491. The summed E-state index contributed by atoms with van der Waals surface area (Å²) in [5.74, 6) is 0. The van der Waals surface area contributed by atoms with Crippen LogP contribution < -0.4 is 10.7 Å². The molecule has 0 saturated carbocycles. The molecule has 0 heterocycles. The van der Waals surface area contributed by atoms with Gasteiger partial charge in [-0.05, 0) is 27.2 Å². The number of carboxylic acid groups (broad SMARTS) is 1. The van der Waals surface area contributed by atoms with Crippen molar-refractivity contribution in [2.24, 2.45) is 0 Å². The Labute approximate surface area is 112 Å². The number of ether oxygens (including phenoxy) is 1. The molecule has 0 aromatic rings. The Hall–Kier alpha value is -1.54. The lowest BCUT2D eigenvalue weighted by Crippen LogP contribution is -2.49. The zero-order valence-corrected chi connectivity index (χ0v) is 11.8. The predicted octanol–water partition coefficient (Wildman–Crippen LogP) is 0.376. The molecule has 0 fully saturated rings. The van der Waals surface area contributed by atoms with Crippen molar-refractivity contribution in [2.75, 3.05) is 20.2 Å². The lowest BCUT2D eigenvalue weighted by atomic mass is 10.2. The molecule has 4 N–H and O–H groups in total. The minimum atomic E-state index is -1.14. The highest BCUT2D eigenvalue weighted by molar-refractivity contribution is 5.68. The van der Waals surface area contributed by atoms with E-state index in [4.69, 9.17) is 14.9 Å². The highest BCUT2D eigenvalue weighted by atomic mass is 16.6. The quantitative estimate of drug-likeness (QED) is 0.522. The van der Waals surface area contributed by atoms with Crippen molar-refractivity contribution < 1.29 is 24.5 Å². The number of aliphatic hydroxyl groups is 1. The molecular weight excluding hydrogens is 254 g/mol. The van der Waals surface area contributed by atoms with Crippen molar-refractivity contribution in [1.29, 1.82) is 0 Å². The van der Waals surface area contributed by atoms with E-state index in [0.717, 1.165) is 5.01 Å².